The lowest BCUT2D eigenvalue weighted by molar-refractivity contribution is -0.142. The Morgan fingerprint density at radius 2 is 1.58 bits per heavy atom. The number of methoxy groups -OCH3 is 1. The molecule has 0 atom stereocenters. The molecular formula is C24H24N4O3. The lowest BCUT2D eigenvalue weighted by Crippen LogP contribution is -2.34. The van der Waals surface area contributed by atoms with Gasteiger partial charge in [0.05, 0.1) is 13.7 Å². The Bertz CT molecular complexity index is 1170. The van der Waals surface area contributed by atoms with Gasteiger partial charge in [0.2, 0.25) is 0 Å². The molecule has 0 fully saturated rings. The van der Waals surface area contributed by atoms with Crippen molar-refractivity contribution in [3.63, 3.8) is 0 Å². The maximum Gasteiger partial charge on any atom is 0.302 e. The molecule has 0 radical (unpaired) electrons. The second kappa shape index (κ2) is 8.79. The Morgan fingerprint density at radius 3 is 2.19 bits per heavy atom. The van der Waals surface area contributed by atoms with Gasteiger partial charge in [0.15, 0.2) is 5.82 Å². The first-order valence-electron chi connectivity index (χ1n) is 9.91. The minimum absolute atomic E-state index is 0.266. The van der Waals surface area contributed by atoms with Crippen molar-refractivity contribution in [2.24, 2.45) is 0 Å². The van der Waals surface area contributed by atoms with E-state index in [2.05, 4.69) is 11.2 Å². The van der Waals surface area contributed by atoms with Gasteiger partial charge in [-0.05, 0) is 34.4 Å². The molecule has 4 aromatic rings. The third kappa shape index (κ3) is 4.45. The quantitative estimate of drug-likeness (QED) is 0.365. The molecule has 2 N–H and O–H groups in total. The van der Waals surface area contributed by atoms with E-state index in [1.807, 2.05) is 71.4 Å². The lowest BCUT2D eigenvalue weighted by atomic mass is 9.98. The van der Waals surface area contributed by atoms with E-state index >= 15 is 0 Å². The van der Waals surface area contributed by atoms with Crippen LogP contribution in [0, 0.1) is 0 Å². The standard InChI is InChI=1S/C24H24N4O3/c1-17(29)31-16-19-7-11-20(12-8-19)22-5-3-4-6-23(22)24-26-28(25)27(24)15-18-9-13-21(30-2)14-10-18/h3-14H,15-16,25H2,1-2H3. The Morgan fingerprint density at radius 1 is 0.935 bits per heavy atom. The number of hydrogen-bond acceptors (Lipinski definition) is 5. The normalized spacial score (nSPS) is 10.8. The van der Waals surface area contributed by atoms with Crippen molar-refractivity contribution in [1.29, 1.82) is 0 Å². The zero-order valence-electron chi connectivity index (χ0n) is 17.5. The first kappa shape index (κ1) is 20.3. The van der Waals surface area contributed by atoms with Crippen molar-refractivity contribution in [2.45, 2.75) is 20.1 Å². The highest BCUT2D eigenvalue weighted by Crippen LogP contribution is 2.32. The van der Waals surface area contributed by atoms with Gasteiger partial charge in [0.25, 0.3) is 0 Å². The number of rotatable bonds is 7. The van der Waals surface area contributed by atoms with E-state index in [9.17, 15) is 4.79 Å². The number of nitrogens with two attached hydrogens (primary N) is 1. The number of carbonyl (C=O) groups is 1. The smallest absolute Gasteiger partial charge is 0.302 e. The highest BCUT2D eigenvalue weighted by Gasteiger charge is 2.18. The van der Waals surface area contributed by atoms with Gasteiger partial charge >= 0.3 is 5.97 Å². The predicted octanol–water partition coefficient (Wildman–Crippen LogP) is 3.85. The first-order valence-corrected chi connectivity index (χ1v) is 9.91. The summed E-state index contributed by atoms with van der Waals surface area (Å²) >= 11 is 0. The zero-order valence-corrected chi connectivity index (χ0v) is 17.5. The molecule has 0 unspecified atom stereocenters. The number of aromatic nitrogens is 3. The largest absolute Gasteiger partial charge is 0.497 e. The van der Waals surface area contributed by atoms with Crippen molar-refractivity contribution in [3.8, 4) is 28.3 Å². The minimum Gasteiger partial charge on any atom is -0.497 e. The lowest BCUT2D eigenvalue weighted by Gasteiger charge is -2.22. The Kier molecular flexibility index (Phi) is 5.75. The molecule has 3 aromatic carbocycles. The average Bonchev–Trinajstić information content (AvgIpc) is 2.80. The highest BCUT2D eigenvalue weighted by molar-refractivity contribution is 5.80. The van der Waals surface area contributed by atoms with E-state index in [4.69, 9.17) is 15.3 Å². The van der Waals surface area contributed by atoms with Crippen LogP contribution in [0.25, 0.3) is 22.5 Å². The molecule has 0 amide bonds. The Balaban J connectivity index is 1.61. The van der Waals surface area contributed by atoms with Crippen molar-refractivity contribution >= 4 is 5.97 Å². The number of benzene rings is 3. The van der Waals surface area contributed by atoms with E-state index in [1.165, 1.54) is 11.8 Å². The summed E-state index contributed by atoms with van der Waals surface area (Å²) in [5, 5.41) is 4.43. The van der Waals surface area contributed by atoms with Crippen LogP contribution in [0.15, 0.2) is 72.8 Å². The van der Waals surface area contributed by atoms with Gasteiger partial charge in [-0.15, -0.1) is 10.0 Å². The number of nitrogen functional groups attached to an aromatic ring is 1. The monoisotopic (exact) mass is 416 g/mol. The SMILES string of the molecule is COc1ccc(Cn2c(-c3ccccc3-c3ccc(COC(C)=O)cc3)nn2N)cc1. The summed E-state index contributed by atoms with van der Waals surface area (Å²) in [6.45, 7) is 2.26. The fourth-order valence-corrected chi connectivity index (χ4v) is 3.40. The fraction of sp³-hybridized carbons (Fsp3) is 0.167. The Labute approximate surface area is 180 Å². The molecule has 31 heavy (non-hydrogen) atoms. The first-order chi connectivity index (χ1) is 15.0. The molecule has 0 aliphatic rings. The Hall–Kier alpha value is -4.00. The maximum absolute atomic E-state index is 11.0. The van der Waals surface area contributed by atoms with Gasteiger partial charge in [-0.25, -0.2) is 4.68 Å². The van der Waals surface area contributed by atoms with Crippen LogP contribution >= 0.6 is 0 Å². The molecule has 158 valence electrons. The highest BCUT2D eigenvalue weighted by atomic mass is 16.5. The molecule has 4 rings (SSSR count). The maximum atomic E-state index is 11.0. The van der Waals surface area contributed by atoms with E-state index in [0.717, 1.165) is 39.4 Å². The average molecular weight is 416 g/mol. The third-order valence-corrected chi connectivity index (χ3v) is 5.06. The second-order valence-electron chi connectivity index (χ2n) is 7.17. The molecule has 1 aromatic heterocycles. The van der Waals surface area contributed by atoms with E-state index in [1.54, 1.807) is 7.11 Å². The number of nitrogens with zero attached hydrogens (tertiary/aromatic N) is 3. The summed E-state index contributed by atoms with van der Waals surface area (Å²) in [4.78, 5) is 12.4. The molecule has 0 aliphatic carbocycles. The molecular weight excluding hydrogens is 392 g/mol. The van der Waals surface area contributed by atoms with E-state index in [-0.39, 0.29) is 12.6 Å². The van der Waals surface area contributed by atoms with Crippen molar-refractivity contribution in [3.05, 3.63) is 83.9 Å². The van der Waals surface area contributed by atoms with Crippen LogP contribution < -0.4 is 10.6 Å². The molecule has 0 saturated heterocycles. The van der Waals surface area contributed by atoms with Crippen LogP contribution in [0.3, 0.4) is 0 Å². The van der Waals surface area contributed by atoms with Crippen molar-refractivity contribution < 1.29 is 14.3 Å². The number of esters is 1. The summed E-state index contributed by atoms with van der Waals surface area (Å²) < 4.78 is 12.2. The fourth-order valence-electron chi connectivity index (χ4n) is 3.40. The summed E-state index contributed by atoms with van der Waals surface area (Å²) in [6.07, 6.45) is 0. The number of hydrogen-bond donors (Lipinski definition) is 1. The summed E-state index contributed by atoms with van der Waals surface area (Å²) in [5.41, 5.74) is 5.12. The minimum atomic E-state index is -0.291. The van der Waals surface area contributed by atoms with Gasteiger partial charge in [-0.2, -0.15) is 0 Å². The van der Waals surface area contributed by atoms with Gasteiger partial charge in [-0.3, -0.25) is 4.79 Å². The molecule has 1 heterocycles. The summed E-state index contributed by atoms with van der Waals surface area (Å²) in [5.74, 6) is 7.35. The summed E-state index contributed by atoms with van der Waals surface area (Å²) in [6, 6.07) is 23.9. The molecule has 0 bridgehead atoms. The van der Waals surface area contributed by atoms with Crippen LogP contribution in [0.5, 0.6) is 5.75 Å². The third-order valence-electron chi connectivity index (χ3n) is 5.06. The van der Waals surface area contributed by atoms with Crippen molar-refractivity contribution in [1.82, 2.24) is 14.7 Å². The van der Waals surface area contributed by atoms with Gasteiger partial charge in [-0.1, -0.05) is 60.7 Å². The predicted molar refractivity (Wildman–Crippen MR) is 119 cm³/mol. The van der Waals surface area contributed by atoms with Gasteiger partial charge in [0.1, 0.15) is 12.4 Å². The van der Waals surface area contributed by atoms with E-state index < -0.39 is 0 Å². The molecule has 0 saturated carbocycles. The van der Waals surface area contributed by atoms with Crippen LogP contribution in [-0.2, 0) is 22.7 Å². The van der Waals surface area contributed by atoms with Gasteiger partial charge < -0.3 is 15.3 Å². The summed E-state index contributed by atoms with van der Waals surface area (Å²) in [7, 11) is 1.65. The van der Waals surface area contributed by atoms with E-state index in [0.29, 0.717) is 6.54 Å². The van der Waals surface area contributed by atoms with Gasteiger partial charge in [0, 0.05) is 12.5 Å². The van der Waals surface area contributed by atoms with Crippen LogP contribution in [0.2, 0.25) is 0 Å². The number of carbonyl (C=O) groups excluding carboxylic acids is 1. The van der Waals surface area contributed by atoms with Crippen LogP contribution in [0.1, 0.15) is 18.1 Å². The zero-order chi connectivity index (χ0) is 21.8. The van der Waals surface area contributed by atoms with Crippen LogP contribution in [0.4, 0.5) is 0 Å². The van der Waals surface area contributed by atoms with Crippen molar-refractivity contribution in [2.75, 3.05) is 13.0 Å². The molecule has 7 heteroatoms. The topological polar surface area (TPSA) is 84.3 Å². The molecule has 0 spiro atoms. The second-order valence-corrected chi connectivity index (χ2v) is 7.17. The molecule has 0 aliphatic heterocycles. The van der Waals surface area contributed by atoms with Crippen LogP contribution in [-0.4, -0.2) is 27.8 Å². The molecule has 7 nitrogen and oxygen atoms in total. The number of ether oxygens (including phenoxy) is 2.